The lowest BCUT2D eigenvalue weighted by atomic mass is 9.97. The molecule has 4 nitrogen and oxygen atoms in total. The van der Waals surface area contributed by atoms with E-state index in [0.29, 0.717) is 29.8 Å². The highest BCUT2D eigenvalue weighted by molar-refractivity contribution is 5.90. The molecule has 1 saturated heterocycles. The maximum Gasteiger partial charge on any atom is 0.225 e. The van der Waals surface area contributed by atoms with E-state index >= 15 is 0 Å². The van der Waals surface area contributed by atoms with Crippen molar-refractivity contribution in [2.24, 2.45) is 0 Å². The molecule has 21 heavy (non-hydrogen) atoms. The second kappa shape index (κ2) is 7.24. The van der Waals surface area contributed by atoms with Gasteiger partial charge in [0, 0.05) is 30.7 Å². The van der Waals surface area contributed by atoms with Crippen LogP contribution in [0, 0.1) is 11.3 Å². The molecule has 0 spiro atoms. The Hall–Kier alpha value is -1.86. The monoisotopic (exact) mass is 285 g/mol. The van der Waals surface area contributed by atoms with Gasteiger partial charge in [-0.3, -0.25) is 9.69 Å². The van der Waals surface area contributed by atoms with Crippen LogP contribution in [-0.2, 0) is 4.79 Å². The summed E-state index contributed by atoms with van der Waals surface area (Å²) in [5, 5.41) is 11.7. The fourth-order valence-electron chi connectivity index (χ4n) is 3.04. The normalized spacial score (nSPS) is 22.5. The molecule has 1 N–H and O–H groups in total. The average molecular weight is 285 g/mol. The zero-order chi connectivity index (χ0) is 15.2. The molecule has 1 aromatic carbocycles. The third-order valence-electron chi connectivity index (χ3n) is 4.25. The fraction of sp³-hybridized carbons (Fsp3) is 0.529. The van der Waals surface area contributed by atoms with Crippen molar-refractivity contribution in [3.05, 3.63) is 29.8 Å². The van der Waals surface area contributed by atoms with E-state index in [1.54, 1.807) is 18.2 Å². The van der Waals surface area contributed by atoms with Crippen molar-refractivity contribution in [1.29, 1.82) is 5.26 Å². The number of anilines is 1. The van der Waals surface area contributed by atoms with Crippen molar-refractivity contribution in [2.45, 2.75) is 51.6 Å². The summed E-state index contributed by atoms with van der Waals surface area (Å²) in [5.41, 5.74) is 1.25. The van der Waals surface area contributed by atoms with E-state index in [-0.39, 0.29) is 5.91 Å². The lowest BCUT2D eigenvalue weighted by Gasteiger charge is -2.38. The van der Waals surface area contributed by atoms with E-state index in [1.165, 1.54) is 19.3 Å². The molecule has 2 atom stereocenters. The lowest BCUT2D eigenvalue weighted by molar-refractivity contribution is -0.116. The van der Waals surface area contributed by atoms with E-state index in [9.17, 15) is 4.79 Å². The third kappa shape index (κ3) is 4.30. The fourth-order valence-corrected chi connectivity index (χ4v) is 3.04. The molecule has 1 aliphatic heterocycles. The highest BCUT2D eigenvalue weighted by Crippen LogP contribution is 2.22. The molecular formula is C17H23N3O. The van der Waals surface area contributed by atoms with Gasteiger partial charge in [0.05, 0.1) is 11.6 Å². The van der Waals surface area contributed by atoms with Crippen LogP contribution in [0.25, 0.3) is 0 Å². The van der Waals surface area contributed by atoms with Gasteiger partial charge in [-0.1, -0.05) is 12.5 Å². The van der Waals surface area contributed by atoms with Gasteiger partial charge in [0.25, 0.3) is 0 Å². The quantitative estimate of drug-likeness (QED) is 0.924. The first kappa shape index (κ1) is 15.5. The Balaban J connectivity index is 1.85. The minimum atomic E-state index is 0.00932. The number of carbonyl (C=O) groups is 1. The van der Waals surface area contributed by atoms with E-state index in [4.69, 9.17) is 5.26 Å². The van der Waals surface area contributed by atoms with Gasteiger partial charge in [-0.05, 0) is 44.9 Å². The number of hydrogen-bond acceptors (Lipinski definition) is 3. The predicted molar refractivity (Wildman–Crippen MR) is 83.9 cm³/mol. The van der Waals surface area contributed by atoms with Gasteiger partial charge in [-0.2, -0.15) is 5.26 Å². The standard InChI is InChI=1S/C17H23N3O/c1-13-5-3-6-14(2)20(13)10-9-17(21)19-16-8-4-7-15(11-16)12-18/h4,7-8,11,13-14H,3,5-6,9-10H2,1-2H3,(H,19,21). The summed E-state index contributed by atoms with van der Waals surface area (Å²) < 4.78 is 0. The number of benzene rings is 1. The number of rotatable bonds is 4. The molecule has 2 unspecified atom stereocenters. The maximum atomic E-state index is 12.0. The Morgan fingerprint density at radius 3 is 2.76 bits per heavy atom. The number of nitriles is 1. The molecule has 0 aromatic heterocycles. The number of likely N-dealkylation sites (tertiary alicyclic amines) is 1. The van der Waals surface area contributed by atoms with Gasteiger partial charge in [0.2, 0.25) is 5.91 Å². The second-order valence-electron chi connectivity index (χ2n) is 5.86. The van der Waals surface area contributed by atoms with Gasteiger partial charge >= 0.3 is 0 Å². The number of piperidine rings is 1. The Labute approximate surface area is 126 Å². The summed E-state index contributed by atoms with van der Waals surface area (Å²) >= 11 is 0. The summed E-state index contributed by atoms with van der Waals surface area (Å²) in [6, 6.07) is 10.2. The molecule has 1 fully saturated rings. The molecule has 0 bridgehead atoms. The molecule has 2 rings (SSSR count). The van der Waals surface area contributed by atoms with Gasteiger partial charge < -0.3 is 5.32 Å². The van der Waals surface area contributed by atoms with E-state index in [0.717, 1.165) is 6.54 Å². The van der Waals surface area contributed by atoms with E-state index < -0.39 is 0 Å². The van der Waals surface area contributed by atoms with Gasteiger partial charge in [0.1, 0.15) is 0 Å². The van der Waals surface area contributed by atoms with Crippen molar-refractivity contribution in [3.8, 4) is 6.07 Å². The first-order valence-electron chi connectivity index (χ1n) is 7.66. The van der Waals surface area contributed by atoms with Crippen molar-refractivity contribution in [2.75, 3.05) is 11.9 Å². The van der Waals surface area contributed by atoms with Crippen LogP contribution in [-0.4, -0.2) is 29.4 Å². The minimum absolute atomic E-state index is 0.00932. The van der Waals surface area contributed by atoms with Crippen LogP contribution in [0.3, 0.4) is 0 Å². The highest BCUT2D eigenvalue weighted by atomic mass is 16.1. The predicted octanol–water partition coefficient (Wildman–Crippen LogP) is 3.15. The van der Waals surface area contributed by atoms with Crippen LogP contribution in [0.5, 0.6) is 0 Å². The Morgan fingerprint density at radius 1 is 1.38 bits per heavy atom. The number of hydrogen-bond donors (Lipinski definition) is 1. The van der Waals surface area contributed by atoms with Crippen LogP contribution in [0.1, 0.15) is 45.1 Å². The largest absolute Gasteiger partial charge is 0.326 e. The molecular weight excluding hydrogens is 262 g/mol. The zero-order valence-corrected chi connectivity index (χ0v) is 12.8. The molecule has 1 aliphatic rings. The van der Waals surface area contributed by atoms with E-state index in [1.807, 2.05) is 6.07 Å². The van der Waals surface area contributed by atoms with Gasteiger partial charge in [-0.25, -0.2) is 0 Å². The minimum Gasteiger partial charge on any atom is -0.326 e. The topological polar surface area (TPSA) is 56.1 Å². The van der Waals surface area contributed by atoms with Gasteiger partial charge in [0.15, 0.2) is 0 Å². The van der Waals surface area contributed by atoms with Crippen LogP contribution >= 0.6 is 0 Å². The van der Waals surface area contributed by atoms with Gasteiger partial charge in [-0.15, -0.1) is 0 Å². The molecule has 1 aromatic rings. The van der Waals surface area contributed by atoms with Crippen molar-refractivity contribution in [3.63, 3.8) is 0 Å². The van der Waals surface area contributed by atoms with Crippen LogP contribution in [0.4, 0.5) is 5.69 Å². The third-order valence-corrected chi connectivity index (χ3v) is 4.25. The summed E-state index contributed by atoms with van der Waals surface area (Å²) in [7, 11) is 0. The molecule has 0 saturated carbocycles. The number of carbonyl (C=O) groups excluding carboxylic acids is 1. The first-order chi connectivity index (χ1) is 10.1. The first-order valence-corrected chi connectivity index (χ1v) is 7.66. The van der Waals surface area contributed by atoms with E-state index in [2.05, 4.69) is 30.1 Å². The second-order valence-corrected chi connectivity index (χ2v) is 5.86. The smallest absolute Gasteiger partial charge is 0.225 e. The summed E-state index contributed by atoms with van der Waals surface area (Å²) in [5.74, 6) is 0.00932. The zero-order valence-electron chi connectivity index (χ0n) is 12.8. The molecule has 4 heteroatoms. The Morgan fingerprint density at radius 2 is 2.10 bits per heavy atom. The number of nitrogens with zero attached hydrogens (tertiary/aromatic N) is 2. The Bertz CT molecular complexity index is 525. The molecule has 1 amide bonds. The molecule has 112 valence electrons. The van der Waals surface area contributed by atoms with Crippen molar-refractivity contribution in [1.82, 2.24) is 4.90 Å². The van der Waals surface area contributed by atoms with Crippen LogP contribution in [0.2, 0.25) is 0 Å². The summed E-state index contributed by atoms with van der Waals surface area (Å²) in [4.78, 5) is 14.5. The lowest BCUT2D eigenvalue weighted by Crippen LogP contribution is -2.44. The molecule has 0 radical (unpaired) electrons. The maximum absolute atomic E-state index is 12.0. The number of amides is 1. The summed E-state index contributed by atoms with van der Waals surface area (Å²) in [6.07, 6.45) is 4.21. The Kier molecular flexibility index (Phi) is 5.35. The number of nitrogens with one attached hydrogen (secondary N) is 1. The highest BCUT2D eigenvalue weighted by Gasteiger charge is 2.24. The molecule has 1 heterocycles. The van der Waals surface area contributed by atoms with Crippen molar-refractivity contribution >= 4 is 11.6 Å². The molecule has 0 aliphatic carbocycles. The van der Waals surface area contributed by atoms with Crippen LogP contribution in [0.15, 0.2) is 24.3 Å². The van der Waals surface area contributed by atoms with Crippen LogP contribution < -0.4 is 5.32 Å². The SMILES string of the molecule is CC1CCCC(C)N1CCC(=O)Nc1cccc(C#N)c1. The average Bonchev–Trinajstić information content (AvgIpc) is 2.47. The summed E-state index contributed by atoms with van der Waals surface area (Å²) in [6.45, 7) is 5.28. The van der Waals surface area contributed by atoms with Crippen molar-refractivity contribution < 1.29 is 4.79 Å².